The fourth-order valence-corrected chi connectivity index (χ4v) is 2.42. The standard InChI is InChI=1S/C16H20N5O/c1-3-8-19-21-10-18-15-14(9-22-11(2)17)20-13-7-5-4-6-12(13)16(15)21/h4-7,10-11,19H,1,3,8-9,17H2,2H3. The van der Waals surface area contributed by atoms with E-state index in [1.807, 2.05) is 28.9 Å². The lowest BCUT2D eigenvalue weighted by Crippen LogP contribution is -2.19. The number of hydrogen-bond donors (Lipinski definition) is 2. The molecule has 3 aromatic rings. The number of rotatable bonds is 6. The molecule has 2 aromatic heterocycles. The fraction of sp³-hybridized carbons (Fsp3) is 0.312. The van der Waals surface area contributed by atoms with E-state index >= 15 is 0 Å². The van der Waals surface area contributed by atoms with Gasteiger partial charge in [0.2, 0.25) is 0 Å². The summed E-state index contributed by atoms with van der Waals surface area (Å²) in [7, 11) is 0. The van der Waals surface area contributed by atoms with Gasteiger partial charge in [-0.3, -0.25) is 0 Å². The first kappa shape index (κ1) is 14.7. The molecule has 0 aliphatic heterocycles. The maximum Gasteiger partial charge on any atom is 0.115 e. The molecule has 2 heterocycles. The summed E-state index contributed by atoms with van der Waals surface area (Å²) in [5, 5.41) is 1.05. The van der Waals surface area contributed by atoms with Crippen LogP contribution in [0.2, 0.25) is 0 Å². The number of hydrogen-bond acceptors (Lipinski definition) is 5. The molecule has 1 unspecified atom stereocenters. The number of nitrogens with zero attached hydrogens (tertiary/aromatic N) is 3. The van der Waals surface area contributed by atoms with Gasteiger partial charge in [0, 0.05) is 11.9 Å². The SMILES string of the molecule is [CH2]CCNn1cnc2c(COC(C)N)nc3ccccc3c21. The minimum absolute atomic E-state index is 0.338. The Morgan fingerprint density at radius 1 is 1.41 bits per heavy atom. The molecule has 0 fully saturated rings. The molecule has 1 radical (unpaired) electrons. The van der Waals surface area contributed by atoms with Crippen LogP contribution < -0.4 is 11.2 Å². The third-order valence-corrected chi connectivity index (χ3v) is 3.40. The maximum absolute atomic E-state index is 5.67. The molecule has 0 bridgehead atoms. The van der Waals surface area contributed by atoms with Gasteiger partial charge in [-0.2, -0.15) is 0 Å². The molecule has 1 aromatic carbocycles. The Balaban J connectivity index is 2.16. The van der Waals surface area contributed by atoms with Crippen LogP contribution in [0.25, 0.3) is 21.9 Å². The fourth-order valence-electron chi connectivity index (χ4n) is 2.42. The largest absolute Gasteiger partial charge is 0.358 e. The van der Waals surface area contributed by atoms with Crippen molar-refractivity contribution in [1.82, 2.24) is 14.6 Å². The van der Waals surface area contributed by atoms with Crippen LogP contribution in [0, 0.1) is 6.92 Å². The summed E-state index contributed by atoms with van der Waals surface area (Å²) in [5.74, 6) is 0. The van der Waals surface area contributed by atoms with Gasteiger partial charge in [-0.1, -0.05) is 25.1 Å². The van der Waals surface area contributed by atoms with E-state index < -0.39 is 0 Å². The molecule has 1 atom stereocenters. The van der Waals surface area contributed by atoms with E-state index in [1.54, 1.807) is 13.3 Å². The molecule has 0 aliphatic rings. The van der Waals surface area contributed by atoms with Gasteiger partial charge in [0.25, 0.3) is 0 Å². The molecule has 0 saturated heterocycles. The van der Waals surface area contributed by atoms with E-state index in [2.05, 4.69) is 22.3 Å². The summed E-state index contributed by atoms with van der Waals surface area (Å²) in [6.07, 6.45) is 2.22. The predicted molar refractivity (Wildman–Crippen MR) is 87.7 cm³/mol. The molecule has 0 saturated carbocycles. The van der Waals surface area contributed by atoms with Crippen molar-refractivity contribution < 1.29 is 4.74 Å². The van der Waals surface area contributed by atoms with Gasteiger partial charge >= 0.3 is 0 Å². The van der Waals surface area contributed by atoms with E-state index in [-0.39, 0.29) is 6.23 Å². The number of benzene rings is 1. The summed E-state index contributed by atoms with van der Waals surface area (Å²) < 4.78 is 7.44. The zero-order chi connectivity index (χ0) is 15.5. The number of fused-ring (bicyclic) bond motifs is 3. The first-order valence-electron chi connectivity index (χ1n) is 7.35. The Labute approximate surface area is 129 Å². The molecule has 6 nitrogen and oxygen atoms in total. The number of ether oxygens (including phenoxy) is 1. The Morgan fingerprint density at radius 2 is 2.23 bits per heavy atom. The Hall–Kier alpha value is -2.18. The third kappa shape index (κ3) is 2.75. The van der Waals surface area contributed by atoms with E-state index in [4.69, 9.17) is 10.5 Å². The van der Waals surface area contributed by atoms with Gasteiger partial charge in [0.15, 0.2) is 0 Å². The minimum atomic E-state index is -0.338. The molecule has 0 aliphatic carbocycles. The van der Waals surface area contributed by atoms with Gasteiger partial charge in [-0.05, 0) is 19.4 Å². The molecule has 22 heavy (non-hydrogen) atoms. The summed E-state index contributed by atoms with van der Waals surface area (Å²) in [4.78, 5) is 9.17. The van der Waals surface area contributed by atoms with Crippen molar-refractivity contribution in [2.75, 3.05) is 12.0 Å². The van der Waals surface area contributed by atoms with Crippen LogP contribution in [0.1, 0.15) is 19.0 Å². The highest BCUT2D eigenvalue weighted by molar-refractivity contribution is 6.03. The Morgan fingerprint density at radius 3 is 3.00 bits per heavy atom. The molecule has 3 N–H and O–H groups in total. The zero-order valence-corrected chi connectivity index (χ0v) is 12.6. The van der Waals surface area contributed by atoms with Crippen LogP contribution in [-0.2, 0) is 11.3 Å². The number of imidazole rings is 1. The molecule has 0 amide bonds. The first-order chi connectivity index (χ1) is 10.7. The van der Waals surface area contributed by atoms with Crippen molar-refractivity contribution >= 4 is 21.9 Å². The lowest BCUT2D eigenvalue weighted by molar-refractivity contribution is 0.0564. The molecule has 3 rings (SSSR count). The number of aromatic nitrogens is 3. The number of nitrogens with two attached hydrogens (primary N) is 1. The average Bonchev–Trinajstić information content (AvgIpc) is 2.95. The second-order valence-electron chi connectivity index (χ2n) is 5.17. The van der Waals surface area contributed by atoms with Crippen LogP contribution in [0.3, 0.4) is 0 Å². The van der Waals surface area contributed by atoms with Gasteiger partial charge in [-0.15, -0.1) is 0 Å². The first-order valence-corrected chi connectivity index (χ1v) is 7.35. The van der Waals surface area contributed by atoms with Crippen molar-refractivity contribution in [2.24, 2.45) is 5.73 Å². The van der Waals surface area contributed by atoms with Crippen LogP contribution >= 0.6 is 0 Å². The highest BCUT2D eigenvalue weighted by atomic mass is 16.5. The number of para-hydroxylation sites is 1. The summed E-state index contributed by atoms with van der Waals surface area (Å²) >= 11 is 0. The lowest BCUT2D eigenvalue weighted by Gasteiger charge is -2.11. The summed E-state index contributed by atoms with van der Waals surface area (Å²) in [6, 6.07) is 8.01. The van der Waals surface area contributed by atoms with Crippen molar-refractivity contribution in [2.45, 2.75) is 26.2 Å². The van der Waals surface area contributed by atoms with Gasteiger partial charge < -0.3 is 15.9 Å². The van der Waals surface area contributed by atoms with E-state index in [0.29, 0.717) is 6.61 Å². The van der Waals surface area contributed by atoms with Gasteiger partial charge in [0.1, 0.15) is 23.6 Å². The Kier molecular flexibility index (Phi) is 4.22. The molecular weight excluding hydrogens is 278 g/mol. The van der Waals surface area contributed by atoms with Gasteiger partial charge in [0.05, 0.1) is 17.8 Å². The topological polar surface area (TPSA) is 78.0 Å². The van der Waals surface area contributed by atoms with Crippen LogP contribution in [0.4, 0.5) is 0 Å². The summed E-state index contributed by atoms with van der Waals surface area (Å²) in [6.45, 7) is 6.76. The van der Waals surface area contributed by atoms with E-state index in [0.717, 1.165) is 40.6 Å². The Bertz CT molecular complexity index is 781. The lowest BCUT2D eigenvalue weighted by atomic mass is 10.1. The average molecular weight is 298 g/mol. The second-order valence-corrected chi connectivity index (χ2v) is 5.17. The quantitative estimate of drug-likeness (QED) is 0.682. The van der Waals surface area contributed by atoms with E-state index in [1.165, 1.54) is 0 Å². The third-order valence-electron chi connectivity index (χ3n) is 3.40. The van der Waals surface area contributed by atoms with Crippen LogP contribution in [0.5, 0.6) is 0 Å². The smallest absolute Gasteiger partial charge is 0.115 e. The van der Waals surface area contributed by atoms with Crippen molar-refractivity contribution in [3.05, 3.63) is 43.2 Å². The number of nitrogens with one attached hydrogen (secondary N) is 1. The van der Waals surface area contributed by atoms with E-state index in [9.17, 15) is 0 Å². The second kappa shape index (κ2) is 6.29. The monoisotopic (exact) mass is 298 g/mol. The van der Waals surface area contributed by atoms with Crippen LogP contribution in [0.15, 0.2) is 30.6 Å². The molecular formula is C16H20N5O. The van der Waals surface area contributed by atoms with Crippen molar-refractivity contribution in [3.8, 4) is 0 Å². The van der Waals surface area contributed by atoms with Crippen LogP contribution in [-0.4, -0.2) is 27.4 Å². The molecule has 6 heteroatoms. The zero-order valence-electron chi connectivity index (χ0n) is 12.6. The predicted octanol–water partition coefficient (Wildman–Crippen LogP) is 2.17. The highest BCUT2D eigenvalue weighted by Crippen LogP contribution is 2.25. The minimum Gasteiger partial charge on any atom is -0.358 e. The normalized spacial score (nSPS) is 12.9. The number of pyridine rings is 1. The van der Waals surface area contributed by atoms with Crippen molar-refractivity contribution in [1.29, 1.82) is 0 Å². The molecule has 115 valence electrons. The highest BCUT2D eigenvalue weighted by Gasteiger charge is 2.14. The van der Waals surface area contributed by atoms with Crippen molar-refractivity contribution in [3.63, 3.8) is 0 Å². The maximum atomic E-state index is 5.67. The molecule has 0 spiro atoms. The summed E-state index contributed by atoms with van der Waals surface area (Å²) in [5.41, 5.74) is 12.5. The van der Waals surface area contributed by atoms with Gasteiger partial charge in [-0.25, -0.2) is 14.6 Å².